The zero-order valence-corrected chi connectivity index (χ0v) is 15.7. The van der Waals surface area contributed by atoms with E-state index in [1.165, 1.54) is 0 Å². The van der Waals surface area contributed by atoms with E-state index in [4.69, 9.17) is 16.6 Å². The molecular weight excluding hydrogens is 428 g/mol. The predicted molar refractivity (Wildman–Crippen MR) is 89.9 cm³/mol. The molecule has 8 nitrogen and oxygen atoms in total. The number of amides is 1. The summed E-state index contributed by atoms with van der Waals surface area (Å²) in [6.45, 7) is 0.0601. The van der Waals surface area contributed by atoms with Crippen LogP contribution in [0.5, 0.6) is 0 Å². The van der Waals surface area contributed by atoms with Gasteiger partial charge in [0.1, 0.15) is 0 Å². The average molecular weight is 451 g/mol. The zero-order valence-electron chi connectivity index (χ0n) is 15.7. The van der Waals surface area contributed by atoms with Gasteiger partial charge in [-0.2, -0.15) is 26.3 Å². The van der Waals surface area contributed by atoms with E-state index in [0.29, 0.717) is 25.8 Å². The molecule has 0 spiro atoms. The summed E-state index contributed by atoms with van der Waals surface area (Å²) in [5.74, 6) is -12.3. The lowest BCUT2D eigenvalue weighted by molar-refractivity contribution is -0.192. The first kappa shape index (κ1) is 27.8. The van der Waals surface area contributed by atoms with Crippen molar-refractivity contribution in [2.45, 2.75) is 56.4 Å². The highest BCUT2D eigenvalue weighted by Crippen LogP contribution is 2.35. The lowest BCUT2D eigenvalue weighted by atomic mass is 9.75. The molecule has 0 rings (SSSR count). The number of nitrogens with two attached hydrogens (primary N) is 2. The SMILES string of the molecule is NCCCCCC(=O)NCCCC(C(=O)C(F)(F)F)C(N)(C(=O)O)C(=O)C(F)(F)F. The maximum atomic E-state index is 12.8. The molecule has 0 aromatic heterocycles. The first-order valence-electron chi connectivity index (χ1n) is 8.81. The van der Waals surface area contributed by atoms with Crippen LogP contribution < -0.4 is 16.8 Å². The fourth-order valence-electron chi connectivity index (χ4n) is 2.63. The van der Waals surface area contributed by atoms with Crippen molar-refractivity contribution in [1.29, 1.82) is 0 Å². The van der Waals surface area contributed by atoms with Crippen molar-refractivity contribution in [3.8, 4) is 0 Å². The van der Waals surface area contributed by atoms with E-state index in [2.05, 4.69) is 5.32 Å². The van der Waals surface area contributed by atoms with Gasteiger partial charge in [0.2, 0.25) is 11.7 Å². The number of carbonyl (C=O) groups excluding carboxylic acids is 3. The Hall–Kier alpha value is -2.22. The number of halogens is 6. The second kappa shape index (κ2) is 11.2. The third-order valence-electron chi connectivity index (χ3n) is 4.23. The number of ketones is 2. The molecule has 0 aliphatic heterocycles. The number of Topliss-reactive ketones (excluding diaryl/α,β-unsaturated/α-hetero) is 2. The summed E-state index contributed by atoms with van der Waals surface area (Å²) in [5.41, 5.74) is 6.07. The summed E-state index contributed by atoms with van der Waals surface area (Å²) >= 11 is 0. The Kier molecular flexibility index (Phi) is 10.4. The van der Waals surface area contributed by atoms with Gasteiger partial charge in [-0.25, -0.2) is 4.79 Å². The first-order chi connectivity index (χ1) is 13.6. The highest BCUT2D eigenvalue weighted by Gasteiger charge is 2.64. The number of aliphatic carboxylic acids is 1. The van der Waals surface area contributed by atoms with Gasteiger partial charge in [-0.1, -0.05) is 6.42 Å². The molecule has 30 heavy (non-hydrogen) atoms. The number of nitrogens with one attached hydrogen (secondary N) is 1. The molecular formula is C16H23F6N3O5. The van der Waals surface area contributed by atoms with Crippen LogP contribution in [0.2, 0.25) is 0 Å². The Morgan fingerprint density at radius 1 is 0.900 bits per heavy atom. The molecule has 0 fully saturated rings. The van der Waals surface area contributed by atoms with Crippen molar-refractivity contribution < 1.29 is 50.6 Å². The summed E-state index contributed by atoms with van der Waals surface area (Å²) in [4.78, 5) is 45.9. The van der Waals surface area contributed by atoms with Crippen molar-refractivity contribution in [3.63, 3.8) is 0 Å². The smallest absolute Gasteiger partial charge is 0.452 e. The van der Waals surface area contributed by atoms with Crippen LogP contribution in [0, 0.1) is 5.92 Å². The Bertz CT molecular complexity index is 638. The van der Waals surface area contributed by atoms with Crippen LogP contribution in [0.25, 0.3) is 0 Å². The van der Waals surface area contributed by atoms with Gasteiger partial charge in [-0.15, -0.1) is 0 Å². The van der Waals surface area contributed by atoms with Crippen LogP contribution in [-0.4, -0.2) is 59.5 Å². The molecule has 0 radical (unpaired) electrons. The minimum absolute atomic E-state index is 0.0629. The van der Waals surface area contributed by atoms with Crippen LogP contribution in [0.3, 0.4) is 0 Å². The van der Waals surface area contributed by atoms with Gasteiger partial charge < -0.3 is 21.9 Å². The molecule has 2 unspecified atom stereocenters. The number of carboxylic acid groups (broad SMARTS) is 1. The van der Waals surface area contributed by atoms with Gasteiger partial charge >= 0.3 is 18.3 Å². The minimum Gasteiger partial charge on any atom is -0.480 e. The molecule has 0 aliphatic carbocycles. The van der Waals surface area contributed by atoms with Crippen molar-refractivity contribution in [2.75, 3.05) is 13.1 Å². The molecule has 0 aromatic rings. The number of rotatable bonds is 13. The van der Waals surface area contributed by atoms with Gasteiger partial charge in [0.25, 0.3) is 5.78 Å². The number of unbranched alkanes of at least 4 members (excludes halogenated alkanes) is 2. The largest absolute Gasteiger partial charge is 0.480 e. The van der Waals surface area contributed by atoms with Gasteiger partial charge in [-0.3, -0.25) is 14.4 Å². The molecule has 1 amide bonds. The molecule has 0 saturated carbocycles. The molecule has 0 aliphatic rings. The molecule has 0 bridgehead atoms. The number of hydrogen-bond acceptors (Lipinski definition) is 6. The fourth-order valence-corrected chi connectivity index (χ4v) is 2.63. The fraction of sp³-hybridized carbons (Fsp3) is 0.750. The predicted octanol–water partition coefficient (Wildman–Crippen LogP) is 1.06. The minimum atomic E-state index is -5.89. The van der Waals surface area contributed by atoms with E-state index in [1.54, 1.807) is 0 Å². The molecule has 14 heteroatoms. The molecule has 6 N–H and O–H groups in total. The van der Waals surface area contributed by atoms with Crippen LogP contribution in [-0.2, 0) is 19.2 Å². The molecule has 0 heterocycles. The second-order valence-corrected chi connectivity index (χ2v) is 6.51. The zero-order chi connectivity index (χ0) is 23.8. The highest BCUT2D eigenvalue weighted by molar-refractivity contribution is 6.14. The lowest BCUT2D eigenvalue weighted by Crippen LogP contribution is -2.67. The Morgan fingerprint density at radius 2 is 1.47 bits per heavy atom. The van der Waals surface area contributed by atoms with E-state index >= 15 is 0 Å². The summed E-state index contributed by atoms with van der Waals surface area (Å²) in [6, 6.07) is 0. The van der Waals surface area contributed by atoms with E-state index in [1.807, 2.05) is 0 Å². The number of alkyl halides is 6. The standard InChI is InChI=1S/C16H23F6N3O5/c17-15(18,19)11(27)9(14(24,13(29)30)12(28)16(20,21)22)5-4-8-25-10(26)6-2-1-3-7-23/h9H,1-8,23-24H2,(H,25,26)(H,29,30). The van der Waals surface area contributed by atoms with Crippen molar-refractivity contribution in [3.05, 3.63) is 0 Å². The third kappa shape index (κ3) is 7.89. The number of hydrogen-bond donors (Lipinski definition) is 4. The average Bonchev–Trinajstić information content (AvgIpc) is 2.61. The molecule has 0 saturated heterocycles. The van der Waals surface area contributed by atoms with Gasteiger partial charge in [-0.05, 0) is 32.2 Å². The second-order valence-electron chi connectivity index (χ2n) is 6.51. The molecule has 0 aromatic carbocycles. The van der Waals surface area contributed by atoms with E-state index in [0.717, 1.165) is 0 Å². The van der Waals surface area contributed by atoms with Crippen LogP contribution in [0.1, 0.15) is 38.5 Å². The molecule has 2 atom stereocenters. The van der Waals surface area contributed by atoms with E-state index in [-0.39, 0.29) is 13.0 Å². The highest BCUT2D eigenvalue weighted by atomic mass is 19.4. The van der Waals surface area contributed by atoms with E-state index < -0.39 is 60.1 Å². The Labute approximate surface area is 167 Å². The number of carboxylic acids is 1. The summed E-state index contributed by atoms with van der Waals surface area (Å²) in [7, 11) is 0. The normalized spacial score (nSPS) is 15.2. The number of carbonyl (C=O) groups is 4. The monoisotopic (exact) mass is 451 g/mol. The molecule has 174 valence electrons. The third-order valence-corrected chi connectivity index (χ3v) is 4.23. The first-order valence-corrected chi connectivity index (χ1v) is 8.81. The van der Waals surface area contributed by atoms with E-state index in [9.17, 15) is 45.5 Å². The van der Waals surface area contributed by atoms with Crippen molar-refractivity contribution >= 4 is 23.4 Å². The van der Waals surface area contributed by atoms with Crippen LogP contribution >= 0.6 is 0 Å². The lowest BCUT2D eigenvalue weighted by Gasteiger charge is -2.32. The maximum Gasteiger partial charge on any atom is 0.452 e. The van der Waals surface area contributed by atoms with Crippen LogP contribution in [0.4, 0.5) is 26.3 Å². The van der Waals surface area contributed by atoms with Gasteiger partial charge in [0.05, 0.1) is 5.92 Å². The topological polar surface area (TPSA) is 153 Å². The summed E-state index contributed by atoms with van der Waals surface area (Å²) < 4.78 is 76.7. The van der Waals surface area contributed by atoms with Crippen LogP contribution in [0.15, 0.2) is 0 Å². The Morgan fingerprint density at radius 3 is 1.90 bits per heavy atom. The quantitative estimate of drug-likeness (QED) is 0.186. The summed E-state index contributed by atoms with van der Waals surface area (Å²) in [6.07, 6.45) is -11.4. The Balaban J connectivity index is 5.34. The van der Waals surface area contributed by atoms with Crippen molar-refractivity contribution in [2.24, 2.45) is 17.4 Å². The maximum absolute atomic E-state index is 12.8. The summed E-state index contributed by atoms with van der Waals surface area (Å²) in [5, 5.41) is 11.3. The van der Waals surface area contributed by atoms with Gasteiger partial charge in [0, 0.05) is 13.0 Å². The van der Waals surface area contributed by atoms with Crippen molar-refractivity contribution in [1.82, 2.24) is 5.32 Å². The van der Waals surface area contributed by atoms with Gasteiger partial charge in [0.15, 0.2) is 5.54 Å².